The summed E-state index contributed by atoms with van der Waals surface area (Å²) in [6.07, 6.45) is 1.78. The molecule has 0 N–H and O–H groups in total. The second kappa shape index (κ2) is 4.01. The van der Waals surface area contributed by atoms with Gasteiger partial charge in [0, 0.05) is 0 Å². The fraction of sp³-hybridized carbons (Fsp3) is 0. The van der Waals surface area contributed by atoms with Gasteiger partial charge in [-0.1, -0.05) is 0 Å². The van der Waals surface area contributed by atoms with E-state index in [1.165, 1.54) is 0 Å². The molecule has 0 aliphatic rings. The van der Waals surface area contributed by atoms with Gasteiger partial charge in [-0.3, -0.25) is 0 Å². The molecule has 0 rings (SSSR count). The van der Waals surface area contributed by atoms with Crippen molar-refractivity contribution in [2.45, 2.75) is 0 Å². The Morgan fingerprint density at radius 1 is 2.00 bits per heavy atom. The van der Waals surface area contributed by atoms with Crippen LogP contribution in [0, 0.1) is 0 Å². The van der Waals surface area contributed by atoms with Gasteiger partial charge in [-0.15, -0.1) is 0 Å². The Morgan fingerprint density at radius 3 is 2.25 bits per heavy atom. The molecule has 0 radical (unpaired) electrons. The molecule has 0 aliphatic carbocycles. The van der Waals surface area contributed by atoms with Crippen molar-refractivity contribution in [2.24, 2.45) is 0 Å². The minimum absolute atomic E-state index is 1.59. The summed E-state index contributed by atoms with van der Waals surface area (Å²) in [5.41, 5.74) is 0. The van der Waals surface area contributed by atoms with E-state index < -0.39 is 0 Å². The van der Waals surface area contributed by atoms with Gasteiger partial charge < -0.3 is 0 Å². The van der Waals surface area contributed by atoms with E-state index in [2.05, 4.69) is 27.7 Å². The molecule has 0 heterocycles. The molecule has 0 saturated heterocycles. The van der Waals surface area contributed by atoms with Crippen LogP contribution in [0.3, 0.4) is 0 Å². The third-order valence-corrected chi connectivity index (χ3v) is 1.27. The molecule has 4 heavy (non-hydrogen) atoms. The molecule has 0 saturated carbocycles. The van der Waals surface area contributed by atoms with E-state index in [4.69, 9.17) is 0 Å². The fourth-order valence-corrected chi connectivity index (χ4v) is 0. The number of rotatable bonds is 1. The molecule has 0 aliphatic heterocycles. The number of hydrogen-bond acceptors (Lipinski definition) is 1. The Hall–Kier alpha value is 1.01. The SMILES string of the molecule is C=BSI. The van der Waals surface area contributed by atoms with Crippen LogP contribution in [0.5, 0.6) is 0 Å². The average Bonchev–Trinajstić information content (AvgIpc) is 1.37. The van der Waals surface area contributed by atoms with E-state index in [1.807, 2.05) is 0 Å². The minimum atomic E-state index is 1.59. The molecule has 0 aromatic heterocycles. The molecule has 0 fully saturated rings. The molecule has 3 heteroatoms. The Balaban J connectivity index is 2.30. The second-order valence-corrected chi connectivity index (χ2v) is 2.29. The molecule has 0 spiro atoms. The maximum atomic E-state index is 3.43. The van der Waals surface area contributed by atoms with E-state index in [0.29, 0.717) is 0 Å². The van der Waals surface area contributed by atoms with Gasteiger partial charge in [0.1, 0.15) is 0 Å². The number of halogens is 1. The second-order valence-electron chi connectivity index (χ2n) is 0.256. The van der Waals surface area contributed by atoms with E-state index in [0.717, 1.165) is 0 Å². The van der Waals surface area contributed by atoms with Gasteiger partial charge in [-0.25, -0.2) is 0 Å². The average molecular weight is 184 g/mol. The Bertz CT molecular complexity index is 22.0. The normalized spacial score (nSPS) is 5.25. The molecule has 0 aromatic carbocycles. The van der Waals surface area contributed by atoms with Crippen LogP contribution in [0.4, 0.5) is 0 Å². The standard InChI is InChI=1S/CH2BIS/c1-2-4-3/h1H2. The van der Waals surface area contributed by atoms with Crippen LogP contribution in [-0.4, -0.2) is 12.7 Å². The van der Waals surface area contributed by atoms with Crippen molar-refractivity contribution in [1.29, 1.82) is 0 Å². The van der Waals surface area contributed by atoms with Crippen LogP contribution in [0.25, 0.3) is 0 Å². The van der Waals surface area contributed by atoms with Gasteiger partial charge in [0.05, 0.1) is 0 Å². The summed E-state index contributed by atoms with van der Waals surface area (Å²) in [7, 11) is 1.59. The molecule has 0 amide bonds. The third kappa shape index (κ3) is 3.01. The van der Waals surface area contributed by atoms with Gasteiger partial charge in [0.2, 0.25) is 0 Å². The summed E-state index contributed by atoms with van der Waals surface area (Å²) >= 11 is 2.15. The van der Waals surface area contributed by atoms with Crippen molar-refractivity contribution in [3.8, 4) is 0 Å². The fourth-order valence-electron chi connectivity index (χ4n) is 0. The molecule has 0 nitrogen and oxygen atoms in total. The predicted molar refractivity (Wildman–Crippen MR) is 34.5 cm³/mol. The first-order valence-corrected chi connectivity index (χ1v) is 4.22. The zero-order chi connectivity index (χ0) is 3.41. The van der Waals surface area contributed by atoms with Gasteiger partial charge in [-0.05, 0) is 0 Å². The third-order valence-electron chi connectivity index (χ3n) is 0.0630. The summed E-state index contributed by atoms with van der Waals surface area (Å²) in [6.45, 7) is 3.43. The van der Waals surface area contributed by atoms with Crippen molar-refractivity contribution in [1.82, 2.24) is 0 Å². The zero-order valence-corrected chi connectivity index (χ0v) is 5.04. The summed E-state index contributed by atoms with van der Waals surface area (Å²) in [5.74, 6) is 0. The first kappa shape index (κ1) is 5.01. The summed E-state index contributed by atoms with van der Waals surface area (Å²) in [4.78, 5) is 0. The summed E-state index contributed by atoms with van der Waals surface area (Å²) in [5, 5.41) is 0. The van der Waals surface area contributed by atoms with Crippen LogP contribution >= 0.6 is 30.0 Å². The monoisotopic (exact) mass is 184 g/mol. The molecule has 0 unspecified atom stereocenters. The van der Waals surface area contributed by atoms with E-state index in [1.54, 1.807) is 15.0 Å². The van der Waals surface area contributed by atoms with Crippen LogP contribution < -0.4 is 0 Å². The summed E-state index contributed by atoms with van der Waals surface area (Å²) in [6, 6.07) is 0. The predicted octanol–water partition coefficient (Wildman–Crippen LogP) is 1.12. The van der Waals surface area contributed by atoms with Gasteiger partial charge in [0.25, 0.3) is 0 Å². The van der Waals surface area contributed by atoms with E-state index >= 15 is 0 Å². The molecular weight excluding hydrogens is 182 g/mol. The Morgan fingerprint density at radius 2 is 2.25 bits per heavy atom. The van der Waals surface area contributed by atoms with Crippen LogP contribution in [-0.2, 0) is 0 Å². The van der Waals surface area contributed by atoms with Crippen molar-refractivity contribution >= 4 is 42.7 Å². The number of hydrogen-bond donors (Lipinski definition) is 0. The van der Waals surface area contributed by atoms with E-state index in [9.17, 15) is 0 Å². The Labute approximate surface area is 42.7 Å². The molecular formula is CH2BIS. The van der Waals surface area contributed by atoms with Crippen LogP contribution in [0.2, 0.25) is 0 Å². The topological polar surface area (TPSA) is 0 Å². The molecule has 0 aromatic rings. The molecule has 0 bridgehead atoms. The van der Waals surface area contributed by atoms with Crippen LogP contribution in [0.1, 0.15) is 0 Å². The van der Waals surface area contributed by atoms with Gasteiger partial charge in [0.15, 0.2) is 0 Å². The van der Waals surface area contributed by atoms with Crippen molar-refractivity contribution in [3.63, 3.8) is 0 Å². The van der Waals surface area contributed by atoms with Crippen molar-refractivity contribution in [2.75, 3.05) is 0 Å². The van der Waals surface area contributed by atoms with E-state index in [-0.39, 0.29) is 0 Å². The summed E-state index contributed by atoms with van der Waals surface area (Å²) < 4.78 is 0. The molecule has 0 atom stereocenters. The van der Waals surface area contributed by atoms with Crippen LogP contribution in [0.15, 0.2) is 0 Å². The quantitative estimate of drug-likeness (QED) is 0.434. The Kier molecular flexibility index (Phi) is 5.03. The van der Waals surface area contributed by atoms with Gasteiger partial charge in [-0.2, -0.15) is 0 Å². The molecule has 22 valence electrons. The zero-order valence-electron chi connectivity index (χ0n) is 2.07. The maximum absolute atomic E-state index is 3.43. The first-order valence-electron chi connectivity index (χ1n) is 0.798. The van der Waals surface area contributed by atoms with Crippen molar-refractivity contribution in [3.05, 3.63) is 0 Å². The first-order chi connectivity index (χ1) is 1.91. The van der Waals surface area contributed by atoms with Crippen molar-refractivity contribution < 1.29 is 0 Å². The van der Waals surface area contributed by atoms with Gasteiger partial charge >= 0.3 is 42.7 Å².